The molecule has 1 saturated heterocycles. The van der Waals surface area contributed by atoms with Gasteiger partial charge in [-0.3, -0.25) is 10.7 Å². The third-order valence-electron chi connectivity index (χ3n) is 5.41. The van der Waals surface area contributed by atoms with Gasteiger partial charge in [-0.25, -0.2) is 14.4 Å². The molecule has 8 nitrogen and oxygen atoms in total. The molecule has 2 aromatic heterocycles. The van der Waals surface area contributed by atoms with Crippen LogP contribution in [0.5, 0.6) is 5.75 Å². The van der Waals surface area contributed by atoms with E-state index in [-0.39, 0.29) is 17.1 Å². The number of allylic oxidation sites excluding steroid dienone is 1. The Morgan fingerprint density at radius 2 is 2.00 bits per heavy atom. The summed E-state index contributed by atoms with van der Waals surface area (Å²) in [5, 5.41) is 13.8. The molecule has 152 valence electrons. The number of halogens is 1. The molecule has 0 saturated carbocycles. The predicted molar refractivity (Wildman–Crippen MR) is 110 cm³/mol. The van der Waals surface area contributed by atoms with Gasteiger partial charge in [0.2, 0.25) is 0 Å². The van der Waals surface area contributed by atoms with Crippen molar-refractivity contribution < 1.29 is 9.50 Å². The van der Waals surface area contributed by atoms with E-state index in [4.69, 9.17) is 11.5 Å². The zero-order chi connectivity index (χ0) is 20.5. The molecule has 9 heteroatoms. The van der Waals surface area contributed by atoms with Gasteiger partial charge in [0.1, 0.15) is 11.4 Å². The first-order chi connectivity index (χ1) is 14.0. The molecule has 6 N–H and O–H groups in total. The summed E-state index contributed by atoms with van der Waals surface area (Å²) < 4.78 is 14.4. The van der Waals surface area contributed by atoms with E-state index in [1.807, 2.05) is 6.08 Å². The van der Waals surface area contributed by atoms with Crippen LogP contribution in [0.2, 0.25) is 0 Å². The number of pyridine rings is 2. The number of rotatable bonds is 3. The van der Waals surface area contributed by atoms with Crippen LogP contribution in [0, 0.1) is 11.7 Å². The van der Waals surface area contributed by atoms with Crippen molar-refractivity contribution in [2.45, 2.75) is 19.1 Å². The molecule has 0 amide bonds. The van der Waals surface area contributed by atoms with Crippen LogP contribution in [0.3, 0.4) is 0 Å². The zero-order valence-electron chi connectivity index (χ0n) is 16.1. The van der Waals surface area contributed by atoms with E-state index in [1.165, 1.54) is 18.3 Å². The number of hydrogen-bond donors (Lipinski definition) is 4. The number of aromatic hydroxyl groups is 1. The van der Waals surface area contributed by atoms with Crippen molar-refractivity contribution >= 4 is 17.2 Å². The first-order valence-corrected chi connectivity index (χ1v) is 9.55. The molecule has 4 rings (SSSR count). The topological polar surface area (TPSA) is 126 Å². The highest BCUT2D eigenvalue weighted by Crippen LogP contribution is 2.33. The molecule has 29 heavy (non-hydrogen) atoms. The molecule has 1 fully saturated rings. The highest BCUT2D eigenvalue weighted by Gasteiger charge is 2.27. The van der Waals surface area contributed by atoms with E-state index in [9.17, 15) is 9.50 Å². The fourth-order valence-electron chi connectivity index (χ4n) is 3.69. The van der Waals surface area contributed by atoms with Gasteiger partial charge < -0.3 is 21.1 Å². The van der Waals surface area contributed by atoms with Gasteiger partial charge in [0.25, 0.3) is 0 Å². The van der Waals surface area contributed by atoms with E-state index in [2.05, 4.69) is 20.3 Å². The lowest BCUT2D eigenvalue weighted by Gasteiger charge is -2.33. The minimum Gasteiger partial charge on any atom is -0.506 e. The van der Waals surface area contributed by atoms with E-state index in [0.717, 1.165) is 31.6 Å². The van der Waals surface area contributed by atoms with Crippen molar-refractivity contribution in [3.63, 3.8) is 0 Å². The lowest BCUT2D eigenvalue weighted by Crippen LogP contribution is -2.42. The minimum atomic E-state index is -0.642. The molecule has 0 aromatic carbocycles. The van der Waals surface area contributed by atoms with Gasteiger partial charge in [0.05, 0.1) is 11.4 Å². The molecule has 0 bridgehead atoms. The number of aliphatic imine (C=N–C) groups is 1. The Labute approximate surface area is 168 Å². The Kier molecular flexibility index (Phi) is 5.16. The van der Waals surface area contributed by atoms with E-state index >= 15 is 0 Å². The Balaban J connectivity index is 1.77. The van der Waals surface area contributed by atoms with Gasteiger partial charge in [0.15, 0.2) is 17.9 Å². The van der Waals surface area contributed by atoms with Crippen LogP contribution in [-0.2, 0) is 0 Å². The van der Waals surface area contributed by atoms with Gasteiger partial charge >= 0.3 is 0 Å². The maximum atomic E-state index is 14.4. The van der Waals surface area contributed by atoms with Crippen LogP contribution in [0.1, 0.15) is 18.5 Å². The fraction of sp³-hybridized carbons (Fsp3) is 0.350. The van der Waals surface area contributed by atoms with Crippen LogP contribution in [0.25, 0.3) is 17.0 Å². The Morgan fingerprint density at radius 3 is 2.76 bits per heavy atom. The predicted octanol–water partition coefficient (Wildman–Crippen LogP) is 1.54. The minimum absolute atomic E-state index is 0.0203. The fourth-order valence-corrected chi connectivity index (χ4v) is 3.69. The monoisotopic (exact) mass is 397 g/mol. The lowest BCUT2D eigenvalue weighted by atomic mass is 9.91. The molecule has 0 aliphatic carbocycles. The van der Waals surface area contributed by atoms with Gasteiger partial charge in [-0.2, -0.15) is 0 Å². The number of nitrogens with one attached hydrogen (secondary N) is 1. The summed E-state index contributed by atoms with van der Waals surface area (Å²) in [5.74, 6) is -0.562. The quantitative estimate of drug-likeness (QED) is 0.619. The molecule has 0 spiro atoms. The first kappa shape index (κ1) is 19.3. The van der Waals surface area contributed by atoms with Crippen LogP contribution in [0.4, 0.5) is 10.2 Å². The molecule has 2 aromatic rings. The molecule has 1 unspecified atom stereocenters. The van der Waals surface area contributed by atoms with Crippen molar-refractivity contribution in [3.8, 4) is 17.0 Å². The number of nitrogens with zero attached hydrogens (tertiary/aromatic N) is 4. The number of hydrogen-bond acceptors (Lipinski definition) is 8. The Bertz CT molecular complexity index is 985. The van der Waals surface area contributed by atoms with Crippen molar-refractivity contribution in [1.29, 1.82) is 0 Å². The van der Waals surface area contributed by atoms with Gasteiger partial charge in [-0.05, 0) is 50.2 Å². The molecule has 1 atom stereocenters. The summed E-state index contributed by atoms with van der Waals surface area (Å²) in [5.41, 5.74) is 14.2. The Morgan fingerprint density at radius 1 is 1.24 bits per heavy atom. The van der Waals surface area contributed by atoms with Crippen LogP contribution in [-0.4, -0.2) is 52.1 Å². The molecule has 0 radical (unpaired) electrons. The second-order valence-electron chi connectivity index (χ2n) is 7.25. The number of aromatic nitrogens is 2. The maximum Gasteiger partial charge on any atom is 0.174 e. The lowest BCUT2D eigenvalue weighted by molar-refractivity contribution is 0.354. The molecular weight excluding hydrogens is 373 g/mol. The first-order valence-electron chi connectivity index (χ1n) is 9.55. The molecule has 2 aliphatic rings. The summed E-state index contributed by atoms with van der Waals surface area (Å²) >= 11 is 0. The van der Waals surface area contributed by atoms with Crippen LogP contribution < -0.4 is 16.8 Å². The molecular formula is C20H24FN7O. The van der Waals surface area contributed by atoms with Crippen molar-refractivity contribution in [2.75, 3.05) is 25.9 Å². The Hall–Kier alpha value is -3.04. The maximum absolute atomic E-state index is 14.4. The smallest absolute Gasteiger partial charge is 0.174 e. The second-order valence-corrected chi connectivity index (χ2v) is 7.25. The van der Waals surface area contributed by atoms with Crippen molar-refractivity contribution in [3.05, 3.63) is 42.0 Å². The zero-order valence-corrected chi connectivity index (χ0v) is 16.1. The highest BCUT2D eigenvalue weighted by molar-refractivity contribution is 6.03. The van der Waals surface area contributed by atoms with Crippen molar-refractivity contribution in [1.82, 2.24) is 20.2 Å². The number of nitrogen functional groups attached to an aromatic ring is 1. The molecule has 4 heterocycles. The average molecular weight is 397 g/mol. The summed E-state index contributed by atoms with van der Waals surface area (Å²) in [7, 11) is 1.79. The van der Waals surface area contributed by atoms with Crippen LogP contribution >= 0.6 is 0 Å². The second kappa shape index (κ2) is 7.76. The standard InChI is InChI=1S/C20H24FN7O/c1-28-15(10-14(27-20(28)23)11-4-7-24-8-5-11)18-16(29)3-2-13(26-18)12-6-9-25-19(22)17(12)21/h2-3,6,9-11,20,24,29H,4-5,7-8,23H2,1H3,(H2,22,25). The van der Waals surface area contributed by atoms with Crippen molar-refractivity contribution in [2.24, 2.45) is 16.6 Å². The largest absolute Gasteiger partial charge is 0.506 e. The number of anilines is 1. The third-order valence-corrected chi connectivity index (χ3v) is 5.41. The highest BCUT2D eigenvalue weighted by atomic mass is 19.1. The third kappa shape index (κ3) is 3.66. The van der Waals surface area contributed by atoms with E-state index < -0.39 is 12.1 Å². The van der Waals surface area contributed by atoms with E-state index in [0.29, 0.717) is 23.0 Å². The summed E-state index contributed by atoms with van der Waals surface area (Å²) in [4.78, 5) is 14.6. The van der Waals surface area contributed by atoms with Gasteiger partial charge in [-0.1, -0.05) is 0 Å². The number of nitrogens with two attached hydrogens (primary N) is 2. The summed E-state index contributed by atoms with van der Waals surface area (Å²) in [6.45, 7) is 1.86. The van der Waals surface area contributed by atoms with E-state index in [1.54, 1.807) is 18.0 Å². The van der Waals surface area contributed by atoms with Gasteiger partial charge in [-0.15, -0.1) is 0 Å². The summed E-state index contributed by atoms with van der Waals surface area (Å²) in [6, 6.07) is 4.53. The number of piperidine rings is 1. The summed E-state index contributed by atoms with van der Waals surface area (Å²) in [6.07, 6.45) is 4.70. The van der Waals surface area contributed by atoms with Gasteiger partial charge in [0, 0.05) is 30.4 Å². The van der Waals surface area contributed by atoms with Crippen LogP contribution in [0.15, 0.2) is 35.5 Å². The molecule has 2 aliphatic heterocycles. The average Bonchev–Trinajstić information content (AvgIpc) is 2.73. The SMILES string of the molecule is CN1C(c2nc(-c3ccnc(N)c3F)ccc2O)=CC(C2CCNCC2)=NC1N. The normalized spacial score (nSPS) is 20.4.